The number of rotatable bonds is 6. The van der Waals surface area contributed by atoms with Gasteiger partial charge in [-0.3, -0.25) is 4.72 Å². The van der Waals surface area contributed by atoms with Crippen molar-refractivity contribution in [2.75, 3.05) is 31.5 Å². The number of ether oxygens (including phenoxy) is 1. The lowest BCUT2D eigenvalue weighted by atomic mass is 10.0. The number of sulfonamides is 1. The van der Waals surface area contributed by atoms with Gasteiger partial charge in [-0.15, -0.1) is 0 Å². The summed E-state index contributed by atoms with van der Waals surface area (Å²) >= 11 is 0. The summed E-state index contributed by atoms with van der Waals surface area (Å²) in [5, 5.41) is 7.12. The summed E-state index contributed by atoms with van der Waals surface area (Å²) in [6.45, 7) is 5.41. The Labute approximate surface area is 191 Å². The number of benzene rings is 2. The molecule has 0 spiro atoms. The van der Waals surface area contributed by atoms with Crippen molar-refractivity contribution in [2.45, 2.75) is 37.3 Å². The van der Waals surface area contributed by atoms with E-state index in [1.54, 1.807) is 31.4 Å². The SMILES string of the molecule is CCCN1CCc2ccc(NS(=O)(=O)c3ccc(OC)cc3)cc2CC1.O=C(O)C(F)(F)F. The molecule has 2 aromatic rings. The normalized spacial score (nSPS) is 14.3. The Hall–Kier alpha value is -2.79. The number of alkyl halides is 3. The molecule has 7 nitrogen and oxygen atoms in total. The highest BCUT2D eigenvalue weighted by Crippen LogP contribution is 2.24. The van der Waals surface area contributed by atoms with E-state index in [9.17, 15) is 21.6 Å². The van der Waals surface area contributed by atoms with Crippen LogP contribution in [0.4, 0.5) is 18.9 Å². The van der Waals surface area contributed by atoms with Crippen LogP contribution in [0.25, 0.3) is 0 Å². The van der Waals surface area contributed by atoms with Gasteiger partial charge >= 0.3 is 12.1 Å². The van der Waals surface area contributed by atoms with E-state index in [-0.39, 0.29) is 4.90 Å². The Morgan fingerprint density at radius 1 is 1.09 bits per heavy atom. The molecule has 0 saturated carbocycles. The molecular formula is C22H27F3N2O5S. The lowest BCUT2D eigenvalue weighted by molar-refractivity contribution is -0.192. The first-order valence-corrected chi connectivity index (χ1v) is 11.8. The van der Waals surface area contributed by atoms with Crippen molar-refractivity contribution in [2.24, 2.45) is 0 Å². The van der Waals surface area contributed by atoms with Crippen LogP contribution < -0.4 is 9.46 Å². The number of hydrogen-bond acceptors (Lipinski definition) is 5. The molecule has 0 bridgehead atoms. The standard InChI is InChI=1S/C20H26N2O3S.C2HF3O2/c1-3-12-22-13-10-16-4-5-18(15-17(16)11-14-22)21-26(23,24)20-8-6-19(25-2)7-9-20;3-2(4,5)1(6)7/h4-9,15,21H,3,10-14H2,1-2H3;(H,6,7). The van der Waals surface area contributed by atoms with Crippen LogP contribution in [-0.2, 0) is 27.7 Å². The third kappa shape index (κ3) is 7.93. The van der Waals surface area contributed by atoms with Crippen molar-refractivity contribution in [3.05, 3.63) is 53.6 Å². The molecule has 3 rings (SSSR count). The summed E-state index contributed by atoms with van der Waals surface area (Å²) in [6, 6.07) is 12.3. The average Bonchev–Trinajstić information content (AvgIpc) is 2.96. The Morgan fingerprint density at radius 3 is 2.18 bits per heavy atom. The van der Waals surface area contributed by atoms with Crippen molar-refractivity contribution < 1.29 is 36.2 Å². The topological polar surface area (TPSA) is 95.9 Å². The van der Waals surface area contributed by atoms with Crippen molar-refractivity contribution in [3.63, 3.8) is 0 Å². The highest BCUT2D eigenvalue weighted by molar-refractivity contribution is 7.92. The summed E-state index contributed by atoms with van der Waals surface area (Å²) < 4.78 is 64.7. The van der Waals surface area contributed by atoms with Gasteiger partial charge < -0.3 is 14.7 Å². The number of methoxy groups -OCH3 is 1. The molecule has 0 aromatic heterocycles. The Balaban J connectivity index is 0.000000479. The van der Waals surface area contributed by atoms with Crippen LogP contribution in [0.15, 0.2) is 47.4 Å². The Kier molecular flexibility index (Phi) is 9.12. The zero-order valence-electron chi connectivity index (χ0n) is 18.4. The van der Waals surface area contributed by atoms with Crippen LogP contribution in [0.3, 0.4) is 0 Å². The fraction of sp³-hybridized carbons (Fsp3) is 0.409. The Morgan fingerprint density at radius 2 is 1.67 bits per heavy atom. The molecule has 0 atom stereocenters. The van der Waals surface area contributed by atoms with Gasteiger partial charge in [0.2, 0.25) is 0 Å². The number of aliphatic carboxylic acids is 1. The highest BCUT2D eigenvalue weighted by Gasteiger charge is 2.38. The highest BCUT2D eigenvalue weighted by atomic mass is 32.2. The van der Waals surface area contributed by atoms with Gasteiger partial charge in [-0.25, -0.2) is 13.2 Å². The summed E-state index contributed by atoms with van der Waals surface area (Å²) in [4.78, 5) is 11.6. The molecular weight excluding hydrogens is 461 g/mol. The number of carboxylic acid groups (broad SMARTS) is 1. The maximum absolute atomic E-state index is 12.6. The van der Waals surface area contributed by atoms with Gasteiger partial charge in [0.05, 0.1) is 12.0 Å². The number of anilines is 1. The van der Waals surface area contributed by atoms with E-state index in [0.717, 1.165) is 38.9 Å². The van der Waals surface area contributed by atoms with Crippen LogP contribution in [0.5, 0.6) is 5.75 Å². The van der Waals surface area contributed by atoms with Gasteiger partial charge in [0.25, 0.3) is 10.0 Å². The second-order valence-corrected chi connectivity index (χ2v) is 9.09. The number of nitrogens with zero attached hydrogens (tertiary/aromatic N) is 1. The van der Waals surface area contributed by atoms with Gasteiger partial charge in [-0.05, 0) is 73.3 Å². The summed E-state index contributed by atoms with van der Waals surface area (Å²) in [5.41, 5.74) is 3.16. The number of hydrogen-bond donors (Lipinski definition) is 2. The zero-order chi connectivity index (χ0) is 24.6. The van der Waals surface area contributed by atoms with Crippen LogP contribution in [0.2, 0.25) is 0 Å². The molecule has 1 aliphatic heterocycles. The largest absolute Gasteiger partial charge is 0.497 e. The summed E-state index contributed by atoms with van der Waals surface area (Å²) in [6.07, 6.45) is -1.96. The number of carbonyl (C=O) groups is 1. The van der Waals surface area contributed by atoms with Crippen LogP contribution in [0.1, 0.15) is 24.5 Å². The number of halogens is 3. The van der Waals surface area contributed by atoms with Crippen molar-refractivity contribution >= 4 is 21.7 Å². The molecule has 33 heavy (non-hydrogen) atoms. The maximum atomic E-state index is 12.6. The van der Waals surface area contributed by atoms with Crippen molar-refractivity contribution in [1.82, 2.24) is 4.90 Å². The molecule has 0 amide bonds. The fourth-order valence-electron chi connectivity index (χ4n) is 3.34. The second kappa shape index (κ2) is 11.4. The van der Waals surface area contributed by atoms with Gasteiger partial charge in [0.15, 0.2) is 0 Å². The maximum Gasteiger partial charge on any atom is 0.490 e. The van der Waals surface area contributed by atoms with E-state index in [1.807, 2.05) is 12.1 Å². The molecule has 0 fully saturated rings. The molecule has 182 valence electrons. The molecule has 0 radical (unpaired) electrons. The quantitative estimate of drug-likeness (QED) is 0.640. The molecule has 2 N–H and O–H groups in total. The van der Waals surface area contributed by atoms with Crippen LogP contribution in [-0.4, -0.2) is 57.3 Å². The lowest BCUT2D eigenvalue weighted by Crippen LogP contribution is -2.27. The van der Waals surface area contributed by atoms with Crippen LogP contribution >= 0.6 is 0 Å². The first-order valence-electron chi connectivity index (χ1n) is 10.3. The molecule has 0 aliphatic carbocycles. The number of carboxylic acids is 1. The number of fused-ring (bicyclic) bond motifs is 1. The number of nitrogens with one attached hydrogen (secondary N) is 1. The lowest BCUT2D eigenvalue weighted by Gasteiger charge is -2.18. The third-order valence-corrected chi connectivity index (χ3v) is 6.40. The molecule has 1 aliphatic rings. The Bertz CT molecular complexity index is 1040. The van der Waals surface area contributed by atoms with Crippen molar-refractivity contribution in [1.29, 1.82) is 0 Å². The molecule has 11 heteroatoms. The predicted molar refractivity (Wildman–Crippen MR) is 118 cm³/mol. The summed E-state index contributed by atoms with van der Waals surface area (Å²) in [5.74, 6) is -2.13. The van der Waals surface area contributed by atoms with Gasteiger partial charge in [0.1, 0.15) is 5.75 Å². The molecule has 0 saturated heterocycles. The third-order valence-electron chi connectivity index (χ3n) is 5.01. The predicted octanol–water partition coefficient (Wildman–Crippen LogP) is 3.94. The fourth-order valence-corrected chi connectivity index (χ4v) is 4.39. The zero-order valence-corrected chi connectivity index (χ0v) is 19.2. The minimum absolute atomic E-state index is 0.224. The van der Waals surface area contributed by atoms with Gasteiger partial charge in [-0.2, -0.15) is 13.2 Å². The van der Waals surface area contributed by atoms with E-state index >= 15 is 0 Å². The van der Waals surface area contributed by atoms with E-state index in [0.29, 0.717) is 11.4 Å². The second-order valence-electron chi connectivity index (χ2n) is 7.41. The molecule has 0 unspecified atom stereocenters. The summed E-state index contributed by atoms with van der Waals surface area (Å²) in [7, 11) is -2.05. The average molecular weight is 489 g/mol. The minimum atomic E-state index is -5.08. The first kappa shape index (κ1) is 26.5. The van der Waals surface area contributed by atoms with E-state index in [1.165, 1.54) is 11.1 Å². The first-order chi connectivity index (χ1) is 15.5. The van der Waals surface area contributed by atoms with Gasteiger partial charge in [0, 0.05) is 18.8 Å². The van der Waals surface area contributed by atoms with E-state index in [4.69, 9.17) is 14.6 Å². The van der Waals surface area contributed by atoms with Crippen molar-refractivity contribution in [3.8, 4) is 5.75 Å². The molecule has 2 aromatic carbocycles. The van der Waals surface area contributed by atoms with E-state index < -0.39 is 22.2 Å². The van der Waals surface area contributed by atoms with E-state index in [2.05, 4.69) is 22.6 Å². The van der Waals surface area contributed by atoms with Crippen LogP contribution in [0, 0.1) is 0 Å². The van der Waals surface area contributed by atoms with Gasteiger partial charge in [-0.1, -0.05) is 13.0 Å². The smallest absolute Gasteiger partial charge is 0.490 e. The monoisotopic (exact) mass is 488 g/mol. The molecule has 1 heterocycles. The minimum Gasteiger partial charge on any atom is -0.497 e.